The highest BCUT2D eigenvalue weighted by molar-refractivity contribution is 7.92. The van der Waals surface area contributed by atoms with Crippen LogP contribution in [-0.2, 0) is 26.0 Å². The van der Waals surface area contributed by atoms with Crippen molar-refractivity contribution in [1.82, 2.24) is 10.2 Å². The smallest absolute Gasteiger partial charge is 0.244 e. The molecule has 8 nitrogen and oxygen atoms in total. The maximum Gasteiger partial charge on any atom is 0.244 e. The first-order chi connectivity index (χ1) is 16.5. The fraction of sp³-hybridized carbons (Fsp3) is 0.423. The van der Waals surface area contributed by atoms with E-state index in [2.05, 4.69) is 5.32 Å². The van der Waals surface area contributed by atoms with Gasteiger partial charge in [-0.2, -0.15) is 0 Å². The lowest BCUT2D eigenvalue weighted by Crippen LogP contribution is -2.52. The average Bonchev–Trinajstić information content (AvgIpc) is 2.82. The maximum absolute atomic E-state index is 13.5. The van der Waals surface area contributed by atoms with Crippen LogP contribution in [0.5, 0.6) is 0 Å². The molecule has 2 amide bonds. The van der Waals surface area contributed by atoms with Crippen molar-refractivity contribution in [2.75, 3.05) is 30.2 Å². The van der Waals surface area contributed by atoms with Crippen LogP contribution >= 0.6 is 0 Å². The minimum Gasteiger partial charge on any atom is -0.354 e. The minimum atomic E-state index is -3.85. The van der Waals surface area contributed by atoms with E-state index in [1.54, 1.807) is 19.1 Å². The predicted molar refractivity (Wildman–Crippen MR) is 138 cm³/mol. The summed E-state index contributed by atoms with van der Waals surface area (Å²) in [6, 6.07) is 14.9. The summed E-state index contributed by atoms with van der Waals surface area (Å²) in [4.78, 5) is 39.5. The molecule has 0 radical (unpaired) electrons. The first kappa shape index (κ1) is 28.0. The van der Waals surface area contributed by atoms with E-state index in [0.717, 1.165) is 29.0 Å². The first-order valence-electron chi connectivity index (χ1n) is 11.7. The van der Waals surface area contributed by atoms with Gasteiger partial charge in [0.15, 0.2) is 5.78 Å². The van der Waals surface area contributed by atoms with E-state index >= 15 is 0 Å². The molecule has 0 aliphatic rings. The SMILES string of the molecule is CCCCNC(=O)C(C)N(CCc1ccccc1)C(=O)CN(c1cccc(C(C)=O)c1)S(C)(=O)=O. The van der Waals surface area contributed by atoms with Gasteiger partial charge in [-0.1, -0.05) is 55.8 Å². The van der Waals surface area contributed by atoms with Crippen LogP contribution in [0.15, 0.2) is 54.6 Å². The fourth-order valence-electron chi connectivity index (χ4n) is 3.60. The van der Waals surface area contributed by atoms with Crippen molar-refractivity contribution < 1.29 is 22.8 Å². The zero-order valence-electron chi connectivity index (χ0n) is 20.9. The van der Waals surface area contributed by atoms with Crippen LogP contribution in [0.1, 0.15) is 49.5 Å². The first-order valence-corrected chi connectivity index (χ1v) is 13.6. The molecule has 9 heteroatoms. The number of anilines is 1. The maximum atomic E-state index is 13.5. The van der Waals surface area contributed by atoms with Gasteiger partial charge >= 0.3 is 0 Å². The Morgan fingerprint density at radius 1 is 1.03 bits per heavy atom. The van der Waals surface area contributed by atoms with Crippen molar-refractivity contribution in [2.45, 2.75) is 46.1 Å². The van der Waals surface area contributed by atoms with Gasteiger partial charge in [-0.3, -0.25) is 18.7 Å². The topological polar surface area (TPSA) is 104 Å². The number of nitrogens with one attached hydrogen (secondary N) is 1. The van der Waals surface area contributed by atoms with E-state index in [4.69, 9.17) is 0 Å². The molecule has 1 atom stereocenters. The number of amides is 2. The Morgan fingerprint density at radius 2 is 1.71 bits per heavy atom. The van der Waals surface area contributed by atoms with E-state index in [-0.39, 0.29) is 23.9 Å². The number of carbonyl (C=O) groups excluding carboxylic acids is 3. The van der Waals surface area contributed by atoms with E-state index in [1.165, 1.54) is 24.0 Å². The summed E-state index contributed by atoms with van der Waals surface area (Å²) < 4.78 is 26.2. The Kier molecular flexibility index (Phi) is 10.4. The number of rotatable bonds is 13. The second-order valence-electron chi connectivity index (χ2n) is 8.52. The number of hydrogen-bond acceptors (Lipinski definition) is 5. The fourth-order valence-corrected chi connectivity index (χ4v) is 4.44. The number of Topliss-reactive ketones (excluding diaryl/α,β-unsaturated/α-hetero) is 1. The lowest BCUT2D eigenvalue weighted by molar-refractivity contribution is -0.138. The second kappa shape index (κ2) is 13.0. The third kappa shape index (κ3) is 8.51. The Labute approximate surface area is 208 Å². The molecular formula is C26H35N3O5S. The Hall–Kier alpha value is -3.20. The van der Waals surface area contributed by atoms with Crippen LogP contribution in [0.3, 0.4) is 0 Å². The monoisotopic (exact) mass is 501 g/mol. The van der Waals surface area contributed by atoms with Gasteiger partial charge in [-0.05, 0) is 44.4 Å². The van der Waals surface area contributed by atoms with Crippen molar-refractivity contribution >= 4 is 33.3 Å². The quantitative estimate of drug-likeness (QED) is 0.336. The molecule has 0 aromatic heterocycles. The molecule has 0 bridgehead atoms. The number of carbonyl (C=O) groups is 3. The molecule has 190 valence electrons. The van der Waals surface area contributed by atoms with E-state index < -0.39 is 28.5 Å². The van der Waals surface area contributed by atoms with Crippen LogP contribution in [-0.4, -0.2) is 62.8 Å². The minimum absolute atomic E-state index is 0.214. The van der Waals surface area contributed by atoms with Gasteiger partial charge in [0.05, 0.1) is 11.9 Å². The average molecular weight is 502 g/mol. The van der Waals surface area contributed by atoms with Crippen LogP contribution in [0, 0.1) is 0 Å². The largest absolute Gasteiger partial charge is 0.354 e. The summed E-state index contributed by atoms with van der Waals surface area (Å²) in [5.74, 6) is -1.00. The third-order valence-corrected chi connectivity index (χ3v) is 6.84. The number of unbranched alkanes of at least 4 members (excludes halogenated alkanes) is 1. The normalized spacial score (nSPS) is 12.0. The molecule has 0 aliphatic heterocycles. The summed E-state index contributed by atoms with van der Waals surface area (Å²) in [6.45, 7) is 5.32. The number of benzene rings is 2. The van der Waals surface area contributed by atoms with Crippen LogP contribution in [0.25, 0.3) is 0 Å². The molecule has 0 fully saturated rings. The molecule has 1 N–H and O–H groups in total. The van der Waals surface area contributed by atoms with Crippen molar-refractivity contribution in [3.05, 3.63) is 65.7 Å². The van der Waals surface area contributed by atoms with Gasteiger partial charge in [-0.15, -0.1) is 0 Å². The summed E-state index contributed by atoms with van der Waals surface area (Å²) in [6.07, 6.45) is 3.27. The molecule has 0 spiro atoms. The molecule has 0 heterocycles. The summed E-state index contributed by atoms with van der Waals surface area (Å²) in [5, 5.41) is 2.85. The molecule has 0 saturated carbocycles. The highest BCUT2D eigenvalue weighted by Crippen LogP contribution is 2.20. The number of nitrogens with zero attached hydrogens (tertiary/aromatic N) is 2. The molecule has 2 aromatic carbocycles. The summed E-state index contributed by atoms with van der Waals surface area (Å²) in [7, 11) is -3.85. The highest BCUT2D eigenvalue weighted by Gasteiger charge is 2.29. The lowest BCUT2D eigenvalue weighted by atomic mass is 10.1. The summed E-state index contributed by atoms with van der Waals surface area (Å²) >= 11 is 0. The Bertz CT molecular complexity index is 1120. The Balaban J connectivity index is 2.31. The van der Waals surface area contributed by atoms with Gasteiger partial charge in [0.1, 0.15) is 12.6 Å². The van der Waals surface area contributed by atoms with Gasteiger partial charge < -0.3 is 10.2 Å². The third-order valence-electron chi connectivity index (χ3n) is 5.70. The van der Waals surface area contributed by atoms with Crippen LogP contribution < -0.4 is 9.62 Å². The number of sulfonamides is 1. The molecule has 2 rings (SSSR count). The van der Waals surface area contributed by atoms with Crippen LogP contribution in [0.4, 0.5) is 5.69 Å². The van der Waals surface area contributed by atoms with Crippen LogP contribution in [0.2, 0.25) is 0 Å². The van der Waals surface area contributed by atoms with Crippen molar-refractivity contribution in [3.8, 4) is 0 Å². The zero-order valence-corrected chi connectivity index (χ0v) is 21.7. The molecule has 1 unspecified atom stereocenters. The van der Waals surface area contributed by atoms with Crippen molar-refractivity contribution in [3.63, 3.8) is 0 Å². The standard InChI is InChI=1S/C26H35N3O5S/c1-5-6-16-27-26(32)20(2)28(17-15-22-11-8-7-9-12-22)25(31)19-29(35(4,33)34)24-14-10-13-23(18-24)21(3)30/h7-14,18,20H,5-6,15-17,19H2,1-4H3,(H,27,32). The molecule has 0 saturated heterocycles. The molecule has 2 aromatic rings. The van der Waals surface area contributed by atoms with E-state index in [9.17, 15) is 22.8 Å². The van der Waals surface area contributed by atoms with Gasteiger partial charge in [-0.25, -0.2) is 8.42 Å². The molecule has 0 aliphatic carbocycles. The van der Waals surface area contributed by atoms with Gasteiger partial charge in [0, 0.05) is 18.7 Å². The van der Waals surface area contributed by atoms with Gasteiger partial charge in [0.2, 0.25) is 21.8 Å². The highest BCUT2D eigenvalue weighted by atomic mass is 32.2. The van der Waals surface area contributed by atoms with E-state index in [1.807, 2.05) is 37.3 Å². The predicted octanol–water partition coefficient (Wildman–Crippen LogP) is 3.03. The summed E-state index contributed by atoms with van der Waals surface area (Å²) in [5.41, 5.74) is 1.56. The number of hydrogen-bond donors (Lipinski definition) is 1. The Morgan fingerprint density at radius 3 is 2.31 bits per heavy atom. The molecular weight excluding hydrogens is 466 g/mol. The van der Waals surface area contributed by atoms with Crippen molar-refractivity contribution in [1.29, 1.82) is 0 Å². The second-order valence-corrected chi connectivity index (χ2v) is 10.4. The van der Waals surface area contributed by atoms with Crippen molar-refractivity contribution in [2.24, 2.45) is 0 Å². The lowest BCUT2D eigenvalue weighted by Gasteiger charge is -2.31. The molecule has 35 heavy (non-hydrogen) atoms. The van der Waals surface area contributed by atoms with E-state index in [0.29, 0.717) is 18.5 Å². The number of ketones is 1. The van der Waals surface area contributed by atoms with Gasteiger partial charge in [0.25, 0.3) is 0 Å². The zero-order chi connectivity index (χ0) is 26.0.